The Balaban J connectivity index is 1.39. The summed E-state index contributed by atoms with van der Waals surface area (Å²) in [6, 6.07) is 3.84. The topological polar surface area (TPSA) is 269 Å². The summed E-state index contributed by atoms with van der Waals surface area (Å²) in [5.74, 6) is -1.61. The molecule has 2 aromatic heterocycles. The molecule has 4 atom stereocenters. The number of aldehydes is 1. The van der Waals surface area contributed by atoms with Crippen molar-refractivity contribution in [1.82, 2.24) is 41.2 Å². The van der Waals surface area contributed by atoms with Gasteiger partial charge in [-0.25, -0.2) is 9.97 Å². The molecule has 0 aliphatic heterocycles. The number of benzene rings is 1. The maximum absolute atomic E-state index is 12.7. The summed E-state index contributed by atoms with van der Waals surface area (Å²) in [5, 5.41) is 13.6. The highest BCUT2D eigenvalue weighted by Gasteiger charge is 2.24. The molecule has 0 unspecified atom stereocenters. The van der Waals surface area contributed by atoms with Gasteiger partial charge < -0.3 is 42.8 Å². The van der Waals surface area contributed by atoms with E-state index in [1.807, 2.05) is 0 Å². The first-order valence-electron chi connectivity index (χ1n) is 14.7. The highest BCUT2D eigenvalue weighted by Crippen LogP contribution is 2.12. The van der Waals surface area contributed by atoms with Crippen LogP contribution in [0.25, 0.3) is 11.2 Å². The van der Waals surface area contributed by atoms with Crippen molar-refractivity contribution in [2.45, 2.75) is 63.8 Å². The average Bonchev–Trinajstić information content (AvgIpc) is 3.05. The Morgan fingerprint density at radius 1 is 1.02 bits per heavy atom. The van der Waals surface area contributed by atoms with Gasteiger partial charge in [0.05, 0.1) is 18.4 Å². The number of carbonyl (C=O) groups excluding carboxylic acids is 5. The van der Waals surface area contributed by atoms with Gasteiger partial charge in [-0.3, -0.25) is 29.0 Å². The number of fused-ring (bicyclic) bond motifs is 1. The summed E-state index contributed by atoms with van der Waals surface area (Å²) in [5.41, 5.74) is 12.7. The van der Waals surface area contributed by atoms with Crippen molar-refractivity contribution >= 4 is 65.3 Å². The number of aromatic nitrogens is 4. The third-order valence-electron chi connectivity index (χ3n) is 6.77. The van der Waals surface area contributed by atoms with Gasteiger partial charge in [0.1, 0.15) is 18.4 Å². The van der Waals surface area contributed by atoms with Crippen LogP contribution in [0.2, 0.25) is 0 Å². The fraction of sp³-hybridized carbons (Fsp3) is 0.414. The number of nitrogens with two attached hydrogens (primary N) is 2. The van der Waals surface area contributed by atoms with Crippen LogP contribution in [0.4, 0.5) is 11.6 Å². The van der Waals surface area contributed by atoms with Crippen LogP contribution in [-0.4, -0.2) is 86.3 Å². The second kappa shape index (κ2) is 17.6. The molecule has 0 spiro atoms. The fourth-order valence-corrected chi connectivity index (χ4v) is 4.21. The Hall–Kier alpha value is -5.10. The molecule has 3 rings (SSSR count). The number of carbonyl (C=O) groups is 5. The van der Waals surface area contributed by atoms with E-state index >= 15 is 0 Å². The van der Waals surface area contributed by atoms with Gasteiger partial charge in [-0.15, -0.1) is 0 Å². The number of amides is 4. The molecule has 18 heteroatoms. The van der Waals surface area contributed by atoms with Crippen molar-refractivity contribution in [3.05, 3.63) is 52.1 Å². The van der Waals surface area contributed by atoms with Crippen molar-refractivity contribution in [1.29, 1.82) is 0 Å². The average molecular weight is 670 g/mol. The molecule has 0 aliphatic rings. The fourth-order valence-electron chi connectivity index (χ4n) is 4.12. The first-order chi connectivity index (χ1) is 22.4. The van der Waals surface area contributed by atoms with E-state index in [0.29, 0.717) is 35.4 Å². The summed E-state index contributed by atoms with van der Waals surface area (Å²) in [6.07, 6.45) is 2.14. The zero-order valence-electron chi connectivity index (χ0n) is 25.9. The predicted octanol–water partition coefficient (Wildman–Crippen LogP) is -1.24. The number of nitrogens with one attached hydrogen (secondary N) is 6. The maximum Gasteiger partial charge on any atom is 0.280 e. The Labute approximate surface area is 275 Å². The molecule has 0 saturated heterocycles. The number of thiol groups is 1. The number of hydrogen-bond acceptors (Lipinski definition) is 13. The third kappa shape index (κ3) is 11.3. The molecule has 4 amide bonds. The number of rotatable bonds is 17. The number of aromatic amines is 1. The SMILES string of the molecule is C[C@H](CS)NC(=O)[C@H](CC=O)NC(=O)[C@@H](N)CNC(=O)CC[C@H](C)NC(=O)c1ccc(NCc2cnc3nc(N)[nH]c(=O)c3n2)cc1. The van der Waals surface area contributed by atoms with Crippen LogP contribution >= 0.6 is 12.6 Å². The van der Waals surface area contributed by atoms with Gasteiger partial charge >= 0.3 is 0 Å². The van der Waals surface area contributed by atoms with Crippen LogP contribution in [0.1, 0.15) is 49.2 Å². The molecule has 2 heterocycles. The molecule has 17 nitrogen and oxygen atoms in total. The summed E-state index contributed by atoms with van der Waals surface area (Å²) in [6.45, 7) is 3.56. The van der Waals surface area contributed by atoms with Crippen LogP contribution in [0.3, 0.4) is 0 Å². The Morgan fingerprint density at radius 2 is 1.74 bits per heavy atom. The van der Waals surface area contributed by atoms with Crippen molar-refractivity contribution in [3.63, 3.8) is 0 Å². The summed E-state index contributed by atoms with van der Waals surface area (Å²) >= 11 is 4.09. The minimum Gasteiger partial charge on any atom is -0.379 e. The normalized spacial score (nSPS) is 13.4. The summed E-state index contributed by atoms with van der Waals surface area (Å²) < 4.78 is 0. The highest BCUT2D eigenvalue weighted by molar-refractivity contribution is 7.80. The number of H-pyrrole nitrogens is 1. The van der Waals surface area contributed by atoms with Gasteiger partial charge in [0.2, 0.25) is 23.7 Å². The maximum atomic E-state index is 12.7. The van der Waals surface area contributed by atoms with Crippen molar-refractivity contribution in [2.24, 2.45) is 5.73 Å². The first kappa shape index (κ1) is 36.4. The lowest BCUT2D eigenvalue weighted by Crippen LogP contribution is -2.55. The molecule has 0 aliphatic carbocycles. The van der Waals surface area contributed by atoms with E-state index in [4.69, 9.17) is 11.5 Å². The largest absolute Gasteiger partial charge is 0.379 e. The van der Waals surface area contributed by atoms with Crippen molar-refractivity contribution < 1.29 is 24.0 Å². The molecule has 252 valence electrons. The molecule has 0 radical (unpaired) electrons. The quantitative estimate of drug-likeness (QED) is 0.0603. The Bertz CT molecular complexity index is 1640. The van der Waals surface area contributed by atoms with Gasteiger partial charge in [0.25, 0.3) is 11.5 Å². The van der Waals surface area contributed by atoms with E-state index in [-0.39, 0.29) is 66.9 Å². The van der Waals surface area contributed by atoms with Crippen LogP contribution in [0.15, 0.2) is 35.3 Å². The lowest BCUT2D eigenvalue weighted by molar-refractivity contribution is -0.131. The van der Waals surface area contributed by atoms with Crippen LogP contribution in [0, 0.1) is 0 Å². The van der Waals surface area contributed by atoms with Crippen LogP contribution < -0.4 is 43.6 Å². The summed E-state index contributed by atoms with van der Waals surface area (Å²) in [7, 11) is 0. The zero-order valence-corrected chi connectivity index (χ0v) is 26.8. The standard InChI is InChI=1S/C29H39N11O6S/c1-15(3-8-22(42)33-13-20(30)26(44)38-21(9-10-41)27(45)36-16(2)14-47)35-25(43)17-4-6-18(7-5-17)32-11-19-12-34-24-23(37-19)28(46)40-29(31)39-24/h4-7,10,12,15-16,20-21,32,47H,3,8-9,11,13-14,30H2,1-2H3,(H,33,42)(H,35,43)(H,36,45)(H,38,44)(H3,31,34,39,40,46)/t15-,16+,20-,21-/m0/s1. The smallest absolute Gasteiger partial charge is 0.280 e. The Kier molecular flexibility index (Phi) is 13.6. The molecule has 10 N–H and O–H groups in total. The summed E-state index contributed by atoms with van der Waals surface area (Å²) in [4.78, 5) is 87.5. The van der Waals surface area contributed by atoms with Gasteiger partial charge in [-0.05, 0) is 44.5 Å². The van der Waals surface area contributed by atoms with Gasteiger partial charge in [-0.2, -0.15) is 17.6 Å². The minimum atomic E-state index is -1.15. The van der Waals surface area contributed by atoms with E-state index in [0.717, 1.165) is 0 Å². The number of nitrogen functional groups attached to an aromatic ring is 1. The lowest BCUT2D eigenvalue weighted by Gasteiger charge is -2.21. The van der Waals surface area contributed by atoms with E-state index < -0.39 is 29.5 Å². The molecule has 0 fully saturated rings. The second-order valence-electron chi connectivity index (χ2n) is 10.8. The molecule has 3 aromatic rings. The molecule has 0 bridgehead atoms. The molecular formula is C29H39N11O6S. The van der Waals surface area contributed by atoms with E-state index in [1.165, 1.54) is 6.20 Å². The monoisotopic (exact) mass is 669 g/mol. The lowest BCUT2D eigenvalue weighted by atomic mass is 10.1. The molecule has 1 aromatic carbocycles. The van der Waals surface area contributed by atoms with Crippen molar-refractivity contribution in [3.8, 4) is 0 Å². The van der Waals surface area contributed by atoms with Gasteiger partial charge in [0.15, 0.2) is 11.2 Å². The Morgan fingerprint density at radius 3 is 2.43 bits per heavy atom. The molecular weight excluding hydrogens is 630 g/mol. The predicted molar refractivity (Wildman–Crippen MR) is 177 cm³/mol. The number of nitrogens with zero attached hydrogens (tertiary/aromatic N) is 3. The van der Waals surface area contributed by atoms with E-state index in [9.17, 15) is 28.8 Å². The van der Waals surface area contributed by atoms with Gasteiger partial charge in [0, 0.05) is 48.5 Å². The number of hydrogen-bond donors (Lipinski definition) is 9. The molecule has 0 saturated carbocycles. The zero-order chi connectivity index (χ0) is 34.5. The minimum absolute atomic E-state index is 0.0436. The third-order valence-corrected chi connectivity index (χ3v) is 7.32. The first-order valence-corrected chi connectivity index (χ1v) is 15.4. The molecule has 47 heavy (non-hydrogen) atoms. The number of anilines is 2. The van der Waals surface area contributed by atoms with Crippen LogP contribution in [-0.2, 0) is 25.7 Å². The second-order valence-corrected chi connectivity index (χ2v) is 11.2. The van der Waals surface area contributed by atoms with E-state index in [1.54, 1.807) is 38.1 Å². The van der Waals surface area contributed by atoms with Crippen LogP contribution in [0.5, 0.6) is 0 Å². The van der Waals surface area contributed by atoms with E-state index in [2.05, 4.69) is 59.1 Å². The highest BCUT2D eigenvalue weighted by atomic mass is 32.1. The van der Waals surface area contributed by atoms with Crippen molar-refractivity contribution in [2.75, 3.05) is 23.3 Å². The van der Waals surface area contributed by atoms with Gasteiger partial charge in [-0.1, -0.05) is 0 Å².